The summed E-state index contributed by atoms with van der Waals surface area (Å²) in [5.41, 5.74) is 3.33. The Hall–Kier alpha value is -1.58. The monoisotopic (exact) mass is 284 g/mol. The Morgan fingerprint density at radius 3 is 1.81 bits per heavy atom. The third-order valence-electron chi connectivity index (χ3n) is 2.95. The molecule has 0 atom stereocenters. The van der Waals surface area contributed by atoms with Crippen LogP contribution in [0.15, 0.2) is 61.1 Å². The first-order chi connectivity index (χ1) is 9.82. The summed E-state index contributed by atoms with van der Waals surface area (Å²) in [4.78, 5) is 0. The van der Waals surface area contributed by atoms with Crippen molar-refractivity contribution in [3.05, 3.63) is 66.7 Å². The van der Waals surface area contributed by atoms with E-state index in [4.69, 9.17) is 9.31 Å². The summed E-state index contributed by atoms with van der Waals surface area (Å²) in [5, 5.41) is 0. The molecule has 0 aliphatic rings. The van der Waals surface area contributed by atoms with Gasteiger partial charge in [-0.3, -0.25) is 0 Å². The van der Waals surface area contributed by atoms with E-state index < -0.39 is 7.12 Å². The topological polar surface area (TPSA) is 18.5 Å². The van der Waals surface area contributed by atoms with E-state index in [-0.39, 0.29) is 12.2 Å². The summed E-state index contributed by atoms with van der Waals surface area (Å²) in [5.74, 6) is 0. The number of hydrogen-bond donors (Lipinski definition) is 0. The minimum atomic E-state index is -0.502. The van der Waals surface area contributed by atoms with E-state index in [2.05, 4.69) is 19.7 Å². The van der Waals surface area contributed by atoms with Crippen LogP contribution in [0.4, 0.5) is 0 Å². The summed E-state index contributed by atoms with van der Waals surface area (Å²) in [6.07, 6.45) is 0.0894. The van der Waals surface area contributed by atoms with Gasteiger partial charge in [0.15, 0.2) is 0 Å². The van der Waals surface area contributed by atoms with Gasteiger partial charge in [-0.2, -0.15) is 0 Å². The zero-order chi connectivity index (χ0) is 16.0. The van der Waals surface area contributed by atoms with Crippen molar-refractivity contribution in [2.45, 2.75) is 39.9 Å². The van der Waals surface area contributed by atoms with E-state index in [0.717, 1.165) is 16.7 Å². The average Bonchev–Trinajstić information content (AvgIpc) is 2.44. The molecule has 1 rings (SSSR count). The Bertz CT molecular complexity index is 493. The second-order valence-electron chi connectivity index (χ2n) is 5.55. The molecular formula is C18H25BO2. The van der Waals surface area contributed by atoms with Gasteiger partial charge in [0.25, 0.3) is 0 Å². The van der Waals surface area contributed by atoms with Gasteiger partial charge >= 0.3 is 7.12 Å². The first-order valence-corrected chi connectivity index (χ1v) is 7.26. The Kier molecular flexibility index (Phi) is 6.67. The van der Waals surface area contributed by atoms with Crippen molar-refractivity contribution in [3.63, 3.8) is 0 Å². The Balaban J connectivity index is 2.87. The highest BCUT2D eigenvalue weighted by Gasteiger charge is 2.28. The van der Waals surface area contributed by atoms with Crippen molar-refractivity contribution < 1.29 is 9.31 Å². The molecular weight excluding hydrogens is 259 g/mol. The smallest absolute Gasteiger partial charge is 0.405 e. The summed E-state index contributed by atoms with van der Waals surface area (Å²) < 4.78 is 11.6. The average molecular weight is 284 g/mol. The van der Waals surface area contributed by atoms with Crippen LogP contribution in [0.3, 0.4) is 0 Å². The molecule has 2 nitrogen and oxygen atoms in total. The minimum absolute atomic E-state index is 0.0447. The van der Waals surface area contributed by atoms with Crippen molar-refractivity contribution in [1.29, 1.82) is 0 Å². The molecule has 0 bridgehead atoms. The van der Waals surface area contributed by atoms with Crippen LogP contribution in [0, 0.1) is 0 Å². The van der Waals surface area contributed by atoms with Crippen molar-refractivity contribution in [3.8, 4) is 0 Å². The molecule has 0 radical (unpaired) electrons. The first kappa shape index (κ1) is 17.5. The summed E-state index contributed by atoms with van der Waals surface area (Å²) in [6, 6.07) is 9.93. The Labute approximate surface area is 129 Å². The van der Waals surface area contributed by atoms with E-state index in [1.54, 1.807) is 0 Å². The van der Waals surface area contributed by atoms with Gasteiger partial charge in [0.2, 0.25) is 0 Å². The molecule has 0 N–H and O–H groups in total. The molecule has 0 unspecified atom stereocenters. The molecule has 0 aromatic heterocycles. The molecule has 0 saturated carbocycles. The minimum Gasteiger partial charge on any atom is -0.405 e. The molecule has 0 aliphatic heterocycles. The Morgan fingerprint density at radius 1 is 0.905 bits per heavy atom. The van der Waals surface area contributed by atoms with Gasteiger partial charge in [0.05, 0.1) is 0 Å². The number of benzene rings is 1. The van der Waals surface area contributed by atoms with E-state index in [1.165, 1.54) is 0 Å². The fourth-order valence-corrected chi connectivity index (χ4v) is 1.84. The predicted molar refractivity (Wildman–Crippen MR) is 92.0 cm³/mol. The number of allylic oxidation sites excluding steroid dienone is 3. The fraction of sp³-hybridized carbons (Fsp3) is 0.333. The molecule has 0 heterocycles. The van der Waals surface area contributed by atoms with Crippen LogP contribution in [0.25, 0.3) is 5.57 Å². The number of hydrogen-bond acceptors (Lipinski definition) is 2. The summed E-state index contributed by atoms with van der Waals surface area (Å²) >= 11 is 0. The van der Waals surface area contributed by atoms with Gasteiger partial charge in [-0.05, 0) is 49.9 Å². The van der Waals surface area contributed by atoms with E-state index in [0.29, 0.717) is 5.47 Å². The lowest BCUT2D eigenvalue weighted by atomic mass is 9.72. The van der Waals surface area contributed by atoms with Crippen LogP contribution in [0.5, 0.6) is 0 Å². The molecule has 0 saturated heterocycles. The van der Waals surface area contributed by atoms with Gasteiger partial charge in [-0.15, -0.1) is 0 Å². The highest BCUT2D eigenvalue weighted by molar-refractivity contribution is 6.55. The van der Waals surface area contributed by atoms with Gasteiger partial charge in [0, 0.05) is 12.2 Å². The van der Waals surface area contributed by atoms with Crippen LogP contribution < -0.4 is 0 Å². The Morgan fingerprint density at radius 2 is 1.38 bits per heavy atom. The zero-order valence-corrected chi connectivity index (χ0v) is 13.6. The van der Waals surface area contributed by atoms with Crippen LogP contribution in [-0.4, -0.2) is 19.3 Å². The van der Waals surface area contributed by atoms with Gasteiger partial charge in [0.1, 0.15) is 0 Å². The van der Waals surface area contributed by atoms with Crippen molar-refractivity contribution >= 4 is 12.7 Å². The fourth-order valence-electron chi connectivity index (χ4n) is 1.84. The van der Waals surface area contributed by atoms with E-state index >= 15 is 0 Å². The van der Waals surface area contributed by atoms with Gasteiger partial charge in [-0.25, -0.2) is 0 Å². The molecule has 0 aliphatic carbocycles. The maximum Gasteiger partial charge on any atom is 0.494 e. The molecule has 0 fully saturated rings. The third-order valence-corrected chi connectivity index (χ3v) is 2.95. The van der Waals surface area contributed by atoms with Crippen LogP contribution >= 0.6 is 0 Å². The summed E-state index contributed by atoms with van der Waals surface area (Å²) in [7, 11) is -0.502. The van der Waals surface area contributed by atoms with E-state index in [1.807, 2.05) is 58.0 Å². The lowest BCUT2D eigenvalue weighted by Gasteiger charge is -2.23. The molecule has 0 amide bonds. The van der Waals surface area contributed by atoms with Crippen molar-refractivity contribution in [2.24, 2.45) is 0 Å². The largest absolute Gasteiger partial charge is 0.494 e. The van der Waals surface area contributed by atoms with Gasteiger partial charge in [-0.1, -0.05) is 50.1 Å². The summed E-state index contributed by atoms with van der Waals surface area (Å²) in [6.45, 7) is 20.2. The zero-order valence-electron chi connectivity index (χ0n) is 13.6. The third kappa shape index (κ3) is 5.37. The lowest BCUT2D eigenvalue weighted by molar-refractivity contribution is 0.136. The molecule has 0 spiro atoms. The van der Waals surface area contributed by atoms with Gasteiger partial charge < -0.3 is 9.31 Å². The maximum absolute atomic E-state index is 5.81. The standard InChI is InChI=1S/C18H25BO2/c1-13(2)20-19(21-14(3)4)17(7)15(5)16(6)18-11-9-8-10-12-18/h8-14H,5-7H2,1-4H3. The normalized spacial score (nSPS) is 10.8. The molecule has 112 valence electrons. The quantitative estimate of drug-likeness (QED) is 0.509. The van der Waals surface area contributed by atoms with Crippen molar-refractivity contribution in [1.82, 2.24) is 0 Å². The lowest BCUT2D eigenvalue weighted by Crippen LogP contribution is -2.32. The van der Waals surface area contributed by atoms with Crippen LogP contribution in [0.2, 0.25) is 0 Å². The highest BCUT2D eigenvalue weighted by Crippen LogP contribution is 2.27. The molecule has 21 heavy (non-hydrogen) atoms. The molecule has 3 heteroatoms. The molecule has 1 aromatic rings. The van der Waals surface area contributed by atoms with Crippen molar-refractivity contribution in [2.75, 3.05) is 0 Å². The van der Waals surface area contributed by atoms with Crippen LogP contribution in [-0.2, 0) is 9.31 Å². The predicted octanol–water partition coefficient (Wildman–Crippen LogP) is 4.69. The number of rotatable bonds is 8. The van der Waals surface area contributed by atoms with E-state index in [9.17, 15) is 0 Å². The molecule has 1 aromatic carbocycles. The SMILES string of the molecule is C=C(B(OC(C)C)OC(C)C)C(=C)C(=C)c1ccccc1. The van der Waals surface area contributed by atoms with Crippen LogP contribution in [0.1, 0.15) is 33.3 Å². The first-order valence-electron chi connectivity index (χ1n) is 7.26. The second kappa shape index (κ2) is 8.01. The maximum atomic E-state index is 5.81. The second-order valence-corrected chi connectivity index (χ2v) is 5.55. The highest BCUT2D eigenvalue weighted by atomic mass is 16.6.